The van der Waals surface area contributed by atoms with E-state index in [1.54, 1.807) is 0 Å². The average Bonchev–Trinajstić information content (AvgIpc) is 2.88. The Kier molecular flexibility index (Phi) is 4.42. The Morgan fingerprint density at radius 2 is 2.17 bits per heavy atom. The van der Waals surface area contributed by atoms with Gasteiger partial charge in [0.25, 0.3) is 0 Å². The Labute approximate surface area is 114 Å². The number of hydrogen-bond acceptors (Lipinski definition) is 2. The molecule has 1 aromatic rings. The summed E-state index contributed by atoms with van der Waals surface area (Å²) in [6.07, 6.45) is 2.36. The van der Waals surface area contributed by atoms with Crippen molar-refractivity contribution in [2.24, 2.45) is 0 Å². The quantitative estimate of drug-likeness (QED) is 0.848. The minimum absolute atomic E-state index is 0.403. The molecule has 1 fully saturated rings. The van der Waals surface area contributed by atoms with Crippen LogP contribution in [0.5, 0.6) is 5.75 Å². The van der Waals surface area contributed by atoms with Crippen molar-refractivity contribution in [1.29, 1.82) is 0 Å². The van der Waals surface area contributed by atoms with Gasteiger partial charge in [-0.3, -0.25) is 0 Å². The molecule has 1 aliphatic heterocycles. The molecule has 0 radical (unpaired) electrons. The summed E-state index contributed by atoms with van der Waals surface area (Å²) in [5.41, 5.74) is 1.31. The van der Waals surface area contributed by atoms with Gasteiger partial charge in [-0.15, -0.1) is 0 Å². The molecule has 1 atom stereocenters. The fourth-order valence-corrected chi connectivity index (χ4v) is 2.67. The second-order valence-electron chi connectivity index (χ2n) is 4.41. The lowest BCUT2D eigenvalue weighted by molar-refractivity contribution is 0.339. The highest BCUT2D eigenvalue weighted by atomic mass is 32.1. The molecule has 18 heavy (non-hydrogen) atoms. The van der Waals surface area contributed by atoms with Crippen molar-refractivity contribution in [2.45, 2.75) is 25.8 Å². The number of ether oxygens (including phenoxy) is 1. The molecule has 0 aromatic heterocycles. The first-order chi connectivity index (χ1) is 8.76. The van der Waals surface area contributed by atoms with E-state index in [-0.39, 0.29) is 0 Å². The highest BCUT2D eigenvalue weighted by molar-refractivity contribution is 7.80. The molecule has 0 saturated carbocycles. The summed E-state index contributed by atoms with van der Waals surface area (Å²) < 4.78 is 5.47. The zero-order valence-corrected chi connectivity index (χ0v) is 11.8. The maximum atomic E-state index is 5.47. The second-order valence-corrected chi connectivity index (χ2v) is 4.80. The first-order valence-electron chi connectivity index (χ1n) is 6.47. The van der Waals surface area contributed by atoms with Crippen molar-refractivity contribution < 1.29 is 4.74 Å². The van der Waals surface area contributed by atoms with Crippen LogP contribution in [0.1, 0.15) is 31.4 Å². The molecule has 0 aliphatic carbocycles. The van der Waals surface area contributed by atoms with Crippen LogP contribution in [0.3, 0.4) is 0 Å². The Morgan fingerprint density at radius 1 is 1.44 bits per heavy atom. The fourth-order valence-electron chi connectivity index (χ4n) is 2.45. The summed E-state index contributed by atoms with van der Waals surface area (Å²) in [5.74, 6) is 0.932. The average molecular weight is 264 g/mol. The minimum atomic E-state index is 0.403. The molecule has 2 rings (SSSR count). The summed E-state index contributed by atoms with van der Waals surface area (Å²) in [7, 11) is 1.88. The molecule has 3 nitrogen and oxygen atoms in total. The SMILES string of the molecule is CCOc1ccc([C@H]2CCCN2C(=S)NC)cc1. The van der Waals surface area contributed by atoms with E-state index in [0.717, 1.165) is 23.8 Å². The molecule has 0 amide bonds. The third-order valence-electron chi connectivity index (χ3n) is 3.30. The van der Waals surface area contributed by atoms with E-state index in [1.165, 1.54) is 12.0 Å². The normalized spacial score (nSPS) is 18.8. The van der Waals surface area contributed by atoms with E-state index in [4.69, 9.17) is 17.0 Å². The molecule has 1 saturated heterocycles. The van der Waals surface area contributed by atoms with Gasteiger partial charge in [-0.25, -0.2) is 0 Å². The summed E-state index contributed by atoms with van der Waals surface area (Å²) in [6, 6.07) is 8.77. The number of nitrogens with zero attached hydrogens (tertiary/aromatic N) is 1. The Balaban J connectivity index is 2.12. The zero-order chi connectivity index (χ0) is 13.0. The molecular weight excluding hydrogens is 244 g/mol. The van der Waals surface area contributed by atoms with E-state index in [9.17, 15) is 0 Å². The zero-order valence-electron chi connectivity index (χ0n) is 11.0. The topological polar surface area (TPSA) is 24.5 Å². The van der Waals surface area contributed by atoms with Gasteiger partial charge in [0.1, 0.15) is 5.75 Å². The van der Waals surface area contributed by atoms with Gasteiger partial charge in [0.15, 0.2) is 5.11 Å². The number of benzene rings is 1. The Hall–Kier alpha value is -1.29. The van der Waals surface area contributed by atoms with Crippen LogP contribution in [0.4, 0.5) is 0 Å². The van der Waals surface area contributed by atoms with Crippen molar-refractivity contribution in [2.75, 3.05) is 20.2 Å². The van der Waals surface area contributed by atoms with E-state index < -0.39 is 0 Å². The molecule has 1 aromatic carbocycles. The van der Waals surface area contributed by atoms with Crippen molar-refractivity contribution in [1.82, 2.24) is 10.2 Å². The molecule has 0 bridgehead atoms. The monoisotopic (exact) mass is 264 g/mol. The van der Waals surface area contributed by atoms with Gasteiger partial charge in [0.2, 0.25) is 0 Å². The van der Waals surface area contributed by atoms with E-state index in [1.807, 2.05) is 26.1 Å². The first-order valence-corrected chi connectivity index (χ1v) is 6.88. The predicted molar refractivity (Wildman–Crippen MR) is 77.9 cm³/mol. The fraction of sp³-hybridized carbons (Fsp3) is 0.500. The lowest BCUT2D eigenvalue weighted by Crippen LogP contribution is -2.37. The number of likely N-dealkylation sites (tertiary alicyclic amines) is 1. The highest BCUT2D eigenvalue weighted by Gasteiger charge is 2.27. The van der Waals surface area contributed by atoms with Crippen LogP contribution in [0.25, 0.3) is 0 Å². The summed E-state index contributed by atoms with van der Waals surface area (Å²) >= 11 is 5.35. The first kappa shape index (κ1) is 13.1. The van der Waals surface area contributed by atoms with Crippen LogP contribution in [-0.4, -0.2) is 30.2 Å². The molecule has 98 valence electrons. The van der Waals surface area contributed by atoms with E-state index in [0.29, 0.717) is 12.6 Å². The van der Waals surface area contributed by atoms with Crippen LogP contribution in [0.2, 0.25) is 0 Å². The van der Waals surface area contributed by atoms with Gasteiger partial charge in [-0.1, -0.05) is 12.1 Å². The number of nitrogens with one attached hydrogen (secondary N) is 1. The molecule has 0 unspecified atom stereocenters. The highest BCUT2D eigenvalue weighted by Crippen LogP contribution is 2.32. The third-order valence-corrected chi connectivity index (χ3v) is 3.74. The van der Waals surface area contributed by atoms with Crippen LogP contribution < -0.4 is 10.1 Å². The Morgan fingerprint density at radius 3 is 2.78 bits per heavy atom. The maximum absolute atomic E-state index is 5.47. The van der Waals surface area contributed by atoms with Crippen LogP contribution in [0, 0.1) is 0 Å². The third kappa shape index (κ3) is 2.75. The predicted octanol–water partition coefficient (Wildman–Crippen LogP) is 2.73. The smallest absolute Gasteiger partial charge is 0.169 e. The van der Waals surface area contributed by atoms with Crippen molar-refractivity contribution in [3.63, 3.8) is 0 Å². The van der Waals surface area contributed by atoms with E-state index in [2.05, 4.69) is 22.3 Å². The Bertz CT molecular complexity index is 405. The van der Waals surface area contributed by atoms with Gasteiger partial charge in [0, 0.05) is 13.6 Å². The lowest BCUT2D eigenvalue weighted by Gasteiger charge is -2.27. The maximum Gasteiger partial charge on any atom is 0.169 e. The summed E-state index contributed by atoms with van der Waals surface area (Å²) in [6.45, 7) is 3.74. The molecule has 1 N–H and O–H groups in total. The van der Waals surface area contributed by atoms with Crippen molar-refractivity contribution >= 4 is 17.3 Å². The van der Waals surface area contributed by atoms with Gasteiger partial charge >= 0.3 is 0 Å². The van der Waals surface area contributed by atoms with Gasteiger partial charge in [-0.2, -0.15) is 0 Å². The lowest BCUT2D eigenvalue weighted by atomic mass is 10.0. The van der Waals surface area contributed by atoms with Gasteiger partial charge < -0.3 is 15.0 Å². The van der Waals surface area contributed by atoms with Gasteiger partial charge in [-0.05, 0) is 49.7 Å². The largest absolute Gasteiger partial charge is 0.494 e. The molecule has 4 heteroatoms. The summed E-state index contributed by atoms with van der Waals surface area (Å²) in [4.78, 5) is 2.27. The molecular formula is C14H20N2OS. The van der Waals surface area contributed by atoms with Crippen molar-refractivity contribution in [3.8, 4) is 5.75 Å². The van der Waals surface area contributed by atoms with Crippen LogP contribution >= 0.6 is 12.2 Å². The standard InChI is InChI=1S/C14H20N2OS/c1-3-17-12-8-6-11(7-9-12)13-5-4-10-16(13)14(18)15-2/h6-9,13H,3-5,10H2,1-2H3,(H,15,18)/t13-/m1/s1. The molecule has 0 spiro atoms. The minimum Gasteiger partial charge on any atom is -0.494 e. The molecule has 1 aliphatic rings. The van der Waals surface area contributed by atoms with Crippen LogP contribution in [0.15, 0.2) is 24.3 Å². The second kappa shape index (κ2) is 6.05. The summed E-state index contributed by atoms with van der Waals surface area (Å²) in [5, 5.41) is 3.91. The van der Waals surface area contributed by atoms with Gasteiger partial charge in [0.05, 0.1) is 12.6 Å². The number of thiocarbonyl (C=S) groups is 1. The number of rotatable bonds is 3. The molecule has 1 heterocycles. The van der Waals surface area contributed by atoms with E-state index >= 15 is 0 Å². The van der Waals surface area contributed by atoms with Crippen molar-refractivity contribution in [3.05, 3.63) is 29.8 Å². The number of hydrogen-bond donors (Lipinski definition) is 1. The van der Waals surface area contributed by atoms with Crippen LogP contribution in [-0.2, 0) is 0 Å².